The standard InChI is InChI=1S/C15H19ClFN3O/c16-12-2-1-3-13(17)11(12)10-19-6-8-20(9-7-19)14(21)15(18)4-5-15/h1-3H,4-10,18H2. The molecule has 2 fully saturated rings. The second kappa shape index (κ2) is 5.55. The number of nitrogens with zero attached hydrogens (tertiary/aromatic N) is 2. The van der Waals surface area contributed by atoms with Gasteiger partial charge in [0.05, 0.1) is 5.54 Å². The van der Waals surface area contributed by atoms with Crippen LogP contribution in [0.1, 0.15) is 18.4 Å². The fourth-order valence-corrected chi connectivity index (χ4v) is 2.90. The molecule has 0 bridgehead atoms. The Bertz CT molecular complexity index is 534. The summed E-state index contributed by atoms with van der Waals surface area (Å²) in [6.07, 6.45) is 1.58. The Labute approximate surface area is 128 Å². The molecule has 1 aromatic rings. The number of rotatable bonds is 3. The molecule has 4 nitrogen and oxygen atoms in total. The minimum absolute atomic E-state index is 0.0612. The van der Waals surface area contributed by atoms with Gasteiger partial charge in [-0.1, -0.05) is 17.7 Å². The van der Waals surface area contributed by atoms with E-state index < -0.39 is 5.54 Å². The summed E-state index contributed by atoms with van der Waals surface area (Å²) in [7, 11) is 0. The quantitative estimate of drug-likeness (QED) is 0.923. The van der Waals surface area contributed by atoms with Gasteiger partial charge in [0, 0.05) is 43.3 Å². The molecule has 2 aliphatic rings. The van der Waals surface area contributed by atoms with Gasteiger partial charge in [-0.2, -0.15) is 0 Å². The van der Waals surface area contributed by atoms with E-state index in [9.17, 15) is 9.18 Å². The van der Waals surface area contributed by atoms with E-state index in [2.05, 4.69) is 4.90 Å². The van der Waals surface area contributed by atoms with Gasteiger partial charge in [-0.15, -0.1) is 0 Å². The molecule has 1 aliphatic heterocycles. The summed E-state index contributed by atoms with van der Waals surface area (Å²) in [5, 5.41) is 0.451. The van der Waals surface area contributed by atoms with Crippen molar-refractivity contribution >= 4 is 17.5 Å². The van der Waals surface area contributed by atoms with Crippen LogP contribution in [0.25, 0.3) is 0 Å². The lowest BCUT2D eigenvalue weighted by molar-refractivity contribution is -0.135. The summed E-state index contributed by atoms with van der Waals surface area (Å²) in [4.78, 5) is 16.1. The lowest BCUT2D eigenvalue weighted by Gasteiger charge is -2.36. The van der Waals surface area contributed by atoms with Gasteiger partial charge in [0.25, 0.3) is 0 Å². The van der Waals surface area contributed by atoms with Gasteiger partial charge in [-0.25, -0.2) is 4.39 Å². The summed E-state index contributed by atoms with van der Waals surface area (Å²) in [5.41, 5.74) is 5.87. The molecule has 1 amide bonds. The number of piperazine rings is 1. The first-order valence-corrected chi connectivity index (χ1v) is 7.61. The zero-order valence-electron chi connectivity index (χ0n) is 11.8. The Balaban J connectivity index is 1.58. The average Bonchev–Trinajstić information content (AvgIpc) is 3.22. The van der Waals surface area contributed by atoms with E-state index in [1.54, 1.807) is 12.1 Å². The molecular formula is C15H19ClFN3O. The van der Waals surface area contributed by atoms with E-state index in [1.807, 2.05) is 4.90 Å². The third-order valence-corrected chi connectivity index (χ3v) is 4.67. The molecule has 0 unspecified atom stereocenters. The smallest absolute Gasteiger partial charge is 0.242 e. The van der Waals surface area contributed by atoms with Crippen molar-refractivity contribution in [3.8, 4) is 0 Å². The lowest BCUT2D eigenvalue weighted by atomic mass is 10.1. The molecule has 0 spiro atoms. The number of amides is 1. The Morgan fingerprint density at radius 3 is 2.52 bits per heavy atom. The van der Waals surface area contributed by atoms with Crippen LogP contribution in [-0.2, 0) is 11.3 Å². The molecular weight excluding hydrogens is 293 g/mol. The molecule has 6 heteroatoms. The monoisotopic (exact) mass is 311 g/mol. The number of benzene rings is 1. The second-order valence-corrected chi connectivity index (χ2v) is 6.33. The molecule has 114 valence electrons. The first-order chi connectivity index (χ1) is 9.99. The first kappa shape index (κ1) is 14.8. The van der Waals surface area contributed by atoms with Crippen LogP contribution in [0.15, 0.2) is 18.2 Å². The number of halogens is 2. The van der Waals surface area contributed by atoms with Crippen molar-refractivity contribution in [1.29, 1.82) is 0 Å². The Morgan fingerprint density at radius 1 is 1.29 bits per heavy atom. The molecule has 0 radical (unpaired) electrons. The highest BCUT2D eigenvalue weighted by molar-refractivity contribution is 6.31. The lowest BCUT2D eigenvalue weighted by Crippen LogP contribution is -2.53. The molecule has 1 saturated heterocycles. The van der Waals surface area contributed by atoms with Crippen molar-refractivity contribution in [3.05, 3.63) is 34.6 Å². The maximum atomic E-state index is 13.8. The van der Waals surface area contributed by atoms with E-state index in [4.69, 9.17) is 17.3 Å². The van der Waals surface area contributed by atoms with Crippen molar-refractivity contribution in [2.24, 2.45) is 5.73 Å². The average molecular weight is 312 g/mol. The van der Waals surface area contributed by atoms with Crippen LogP contribution in [0.3, 0.4) is 0 Å². The first-order valence-electron chi connectivity index (χ1n) is 7.23. The predicted molar refractivity (Wildman–Crippen MR) is 79.4 cm³/mol. The van der Waals surface area contributed by atoms with Gasteiger partial charge in [-0.3, -0.25) is 9.69 Å². The summed E-state index contributed by atoms with van der Waals surface area (Å²) in [5.74, 6) is -0.217. The van der Waals surface area contributed by atoms with Crippen LogP contribution in [-0.4, -0.2) is 47.4 Å². The summed E-state index contributed by atoms with van der Waals surface area (Å²) >= 11 is 6.05. The van der Waals surface area contributed by atoms with E-state index in [1.165, 1.54) is 6.07 Å². The van der Waals surface area contributed by atoms with E-state index in [0.717, 1.165) is 12.8 Å². The maximum Gasteiger partial charge on any atom is 0.242 e. The van der Waals surface area contributed by atoms with Crippen molar-refractivity contribution in [3.63, 3.8) is 0 Å². The van der Waals surface area contributed by atoms with Gasteiger partial charge in [0.2, 0.25) is 5.91 Å². The number of nitrogens with two attached hydrogens (primary N) is 1. The molecule has 21 heavy (non-hydrogen) atoms. The van der Waals surface area contributed by atoms with Gasteiger partial charge in [0.15, 0.2) is 0 Å². The highest BCUT2D eigenvalue weighted by Gasteiger charge is 2.48. The molecule has 0 atom stereocenters. The molecule has 2 N–H and O–H groups in total. The second-order valence-electron chi connectivity index (χ2n) is 5.92. The van der Waals surface area contributed by atoms with Crippen LogP contribution < -0.4 is 5.73 Å². The Hall–Kier alpha value is -1.17. The molecule has 1 saturated carbocycles. The fourth-order valence-electron chi connectivity index (χ4n) is 2.68. The highest BCUT2D eigenvalue weighted by atomic mass is 35.5. The molecule has 3 rings (SSSR count). The van der Waals surface area contributed by atoms with Crippen molar-refractivity contribution in [1.82, 2.24) is 9.80 Å². The van der Waals surface area contributed by atoms with E-state index in [-0.39, 0.29) is 11.7 Å². The summed E-state index contributed by atoms with van der Waals surface area (Å²) in [6.45, 7) is 3.19. The van der Waals surface area contributed by atoms with Crippen molar-refractivity contribution in [2.45, 2.75) is 24.9 Å². The van der Waals surface area contributed by atoms with E-state index >= 15 is 0 Å². The predicted octanol–water partition coefficient (Wildman–Crippen LogP) is 1.61. The molecule has 1 aliphatic carbocycles. The SMILES string of the molecule is NC1(C(=O)N2CCN(Cc3c(F)cccc3Cl)CC2)CC1. The van der Waals surface area contributed by atoms with Crippen LogP contribution in [0.2, 0.25) is 5.02 Å². The molecule has 1 heterocycles. The van der Waals surface area contributed by atoms with Gasteiger partial charge >= 0.3 is 0 Å². The normalized spacial score (nSPS) is 21.4. The minimum Gasteiger partial charge on any atom is -0.339 e. The highest BCUT2D eigenvalue weighted by Crippen LogP contribution is 2.34. The zero-order chi connectivity index (χ0) is 15.0. The van der Waals surface area contributed by atoms with E-state index in [0.29, 0.717) is 43.3 Å². The third kappa shape index (κ3) is 3.05. The number of carbonyl (C=O) groups excluding carboxylic acids is 1. The van der Waals surface area contributed by atoms with Gasteiger partial charge < -0.3 is 10.6 Å². The van der Waals surface area contributed by atoms with Crippen LogP contribution in [0.4, 0.5) is 4.39 Å². The fraction of sp³-hybridized carbons (Fsp3) is 0.533. The van der Waals surface area contributed by atoms with Gasteiger partial charge in [0.1, 0.15) is 5.82 Å². The third-order valence-electron chi connectivity index (χ3n) is 4.32. The largest absolute Gasteiger partial charge is 0.339 e. The summed E-state index contributed by atoms with van der Waals surface area (Å²) in [6, 6.07) is 4.73. The Kier molecular flexibility index (Phi) is 3.90. The van der Waals surface area contributed by atoms with Crippen LogP contribution in [0, 0.1) is 5.82 Å². The minimum atomic E-state index is -0.600. The number of carbonyl (C=O) groups is 1. The number of hydrogen-bond donors (Lipinski definition) is 1. The topological polar surface area (TPSA) is 49.6 Å². The maximum absolute atomic E-state index is 13.8. The molecule has 0 aromatic heterocycles. The summed E-state index contributed by atoms with van der Waals surface area (Å²) < 4.78 is 13.8. The van der Waals surface area contributed by atoms with Crippen molar-refractivity contribution in [2.75, 3.05) is 26.2 Å². The Morgan fingerprint density at radius 2 is 1.95 bits per heavy atom. The van der Waals surface area contributed by atoms with Crippen molar-refractivity contribution < 1.29 is 9.18 Å². The number of hydrogen-bond acceptors (Lipinski definition) is 3. The van der Waals surface area contributed by atoms with Gasteiger partial charge in [-0.05, 0) is 25.0 Å². The van der Waals surface area contributed by atoms with Crippen LogP contribution in [0.5, 0.6) is 0 Å². The zero-order valence-corrected chi connectivity index (χ0v) is 12.6. The van der Waals surface area contributed by atoms with Crippen LogP contribution >= 0.6 is 11.6 Å². The molecule has 1 aromatic carbocycles.